The Morgan fingerprint density at radius 2 is 0.894 bits per heavy atom. The van der Waals surface area contributed by atoms with E-state index < -0.39 is 48.6 Å². The van der Waals surface area contributed by atoms with E-state index in [1.54, 1.807) is 0 Å². The molecule has 2 aromatic rings. The predicted octanol–water partition coefficient (Wildman–Crippen LogP) is 3.41. The Balaban J connectivity index is 1.76. The van der Waals surface area contributed by atoms with E-state index in [0.29, 0.717) is 26.1 Å². The van der Waals surface area contributed by atoms with Crippen LogP contribution in [0.15, 0.2) is 60.7 Å². The number of aliphatic hydroxyl groups excluding tert-OH is 4. The summed E-state index contributed by atoms with van der Waals surface area (Å²) >= 11 is 0. The highest BCUT2D eigenvalue weighted by Gasteiger charge is 2.24. The molecule has 4 N–H and O–H groups in total. The third kappa shape index (κ3) is 20.8. The second-order valence-corrected chi connectivity index (χ2v) is 11.5. The van der Waals surface area contributed by atoms with Crippen molar-refractivity contribution in [2.24, 2.45) is 0 Å². The SMILES string of the molecule is CC(=O)OCC[C@@H](C[C@@H](O)C[C@H](O)C[C@H](O)C[C@H](O)C[C@H](CCOC(C)=O)OCOCc1ccccc1)OCOCc1ccccc1. The second kappa shape index (κ2) is 24.2. The summed E-state index contributed by atoms with van der Waals surface area (Å²) in [5.41, 5.74) is 1.97. The summed E-state index contributed by atoms with van der Waals surface area (Å²) < 4.78 is 32.8. The highest BCUT2D eigenvalue weighted by molar-refractivity contribution is 5.66. The molecule has 0 unspecified atom stereocenters. The van der Waals surface area contributed by atoms with E-state index in [4.69, 9.17) is 28.4 Å². The van der Waals surface area contributed by atoms with Crippen molar-refractivity contribution in [3.63, 3.8) is 0 Å². The molecular weight excluding hydrogens is 612 g/mol. The van der Waals surface area contributed by atoms with Gasteiger partial charge in [-0.1, -0.05) is 60.7 Å². The van der Waals surface area contributed by atoms with Gasteiger partial charge in [0.25, 0.3) is 0 Å². The third-order valence-electron chi connectivity index (χ3n) is 7.19. The van der Waals surface area contributed by atoms with Gasteiger partial charge < -0.3 is 48.8 Å². The molecule has 2 rings (SSSR count). The molecule has 6 atom stereocenters. The summed E-state index contributed by atoms with van der Waals surface area (Å²) in [6.07, 6.45) is -4.18. The number of aliphatic hydroxyl groups is 4. The summed E-state index contributed by atoms with van der Waals surface area (Å²) in [6, 6.07) is 19.2. The lowest BCUT2D eigenvalue weighted by atomic mass is 9.96. The normalized spacial score (nSPS) is 15.3. The van der Waals surface area contributed by atoms with Crippen molar-refractivity contribution in [2.75, 3.05) is 26.8 Å². The molecule has 12 heteroatoms. The van der Waals surface area contributed by atoms with E-state index in [0.717, 1.165) is 11.1 Å². The Morgan fingerprint density at radius 1 is 0.553 bits per heavy atom. The van der Waals surface area contributed by atoms with Gasteiger partial charge >= 0.3 is 11.9 Å². The molecular formula is C35H52O12. The van der Waals surface area contributed by atoms with Crippen molar-refractivity contribution in [2.45, 2.75) is 109 Å². The standard InChI is InChI=1S/C35H52O12/c1-26(36)44-15-13-34(46-24-42-22-28-9-5-3-6-10-28)20-32(40)18-30(38)17-31(39)19-33(41)21-35(14-16-45-27(2)37)47-25-43-23-29-11-7-4-8-12-29/h3-12,30-35,38-41H,13-25H2,1-2H3/t30-,31+,32-,33-,34-,35-/m0/s1. The number of ether oxygens (including phenoxy) is 6. The summed E-state index contributed by atoms with van der Waals surface area (Å²) in [6.45, 7) is 3.47. The molecule has 0 heterocycles. The van der Waals surface area contributed by atoms with Crippen LogP contribution < -0.4 is 0 Å². The smallest absolute Gasteiger partial charge is 0.302 e. The molecule has 0 aliphatic carbocycles. The zero-order chi connectivity index (χ0) is 34.3. The van der Waals surface area contributed by atoms with Gasteiger partial charge in [0.15, 0.2) is 0 Å². The average molecular weight is 665 g/mol. The first kappa shape index (κ1) is 40.2. The fraction of sp³-hybridized carbons (Fsp3) is 0.600. The maximum Gasteiger partial charge on any atom is 0.302 e. The number of carbonyl (C=O) groups excluding carboxylic acids is 2. The molecule has 0 spiro atoms. The lowest BCUT2D eigenvalue weighted by molar-refractivity contribution is -0.145. The monoisotopic (exact) mass is 664 g/mol. The molecule has 264 valence electrons. The van der Waals surface area contributed by atoms with E-state index in [9.17, 15) is 30.0 Å². The lowest BCUT2D eigenvalue weighted by Gasteiger charge is -2.25. The maximum absolute atomic E-state index is 11.2. The first-order valence-corrected chi connectivity index (χ1v) is 16.1. The zero-order valence-electron chi connectivity index (χ0n) is 27.5. The van der Waals surface area contributed by atoms with Gasteiger partial charge in [0, 0.05) is 26.7 Å². The first-order chi connectivity index (χ1) is 22.6. The zero-order valence-corrected chi connectivity index (χ0v) is 27.5. The maximum atomic E-state index is 11.2. The highest BCUT2D eigenvalue weighted by atomic mass is 16.7. The molecule has 0 aromatic heterocycles. The minimum absolute atomic E-state index is 0.0294. The van der Waals surface area contributed by atoms with Gasteiger partial charge in [-0.05, 0) is 43.2 Å². The number of carbonyl (C=O) groups is 2. The Labute approximate surface area is 277 Å². The fourth-order valence-electron chi connectivity index (χ4n) is 4.90. The van der Waals surface area contributed by atoms with Gasteiger partial charge in [-0.2, -0.15) is 0 Å². The molecule has 47 heavy (non-hydrogen) atoms. The average Bonchev–Trinajstić information content (AvgIpc) is 3.01. The number of hydrogen-bond acceptors (Lipinski definition) is 12. The fourth-order valence-corrected chi connectivity index (χ4v) is 4.90. The lowest BCUT2D eigenvalue weighted by Crippen LogP contribution is -2.30. The minimum Gasteiger partial charge on any atom is -0.466 e. The van der Waals surface area contributed by atoms with Crippen LogP contribution in [0.5, 0.6) is 0 Å². The summed E-state index contributed by atoms with van der Waals surface area (Å²) in [5, 5.41) is 42.5. The molecule has 0 saturated heterocycles. The van der Waals surface area contributed by atoms with Crippen LogP contribution in [-0.2, 0) is 51.2 Å². The molecule has 0 amide bonds. The van der Waals surface area contributed by atoms with E-state index in [1.807, 2.05) is 60.7 Å². The molecule has 0 bridgehead atoms. The molecule has 0 radical (unpaired) electrons. The van der Waals surface area contributed by atoms with Gasteiger partial charge in [-0.15, -0.1) is 0 Å². The molecule has 0 fully saturated rings. The predicted molar refractivity (Wildman–Crippen MR) is 172 cm³/mol. The van der Waals surface area contributed by atoms with Crippen molar-refractivity contribution in [1.29, 1.82) is 0 Å². The van der Waals surface area contributed by atoms with Crippen LogP contribution >= 0.6 is 0 Å². The summed E-state index contributed by atoms with van der Waals surface area (Å²) in [4.78, 5) is 22.4. The van der Waals surface area contributed by atoms with Gasteiger partial charge in [0.1, 0.15) is 13.6 Å². The Morgan fingerprint density at radius 3 is 1.23 bits per heavy atom. The van der Waals surface area contributed by atoms with Crippen LogP contribution in [0.2, 0.25) is 0 Å². The van der Waals surface area contributed by atoms with Crippen molar-refractivity contribution >= 4 is 11.9 Å². The van der Waals surface area contributed by atoms with Gasteiger partial charge in [0.05, 0.1) is 63.1 Å². The van der Waals surface area contributed by atoms with E-state index in [-0.39, 0.29) is 58.9 Å². The van der Waals surface area contributed by atoms with Crippen LogP contribution in [0.25, 0.3) is 0 Å². The topological polar surface area (TPSA) is 170 Å². The summed E-state index contributed by atoms with van der Waals surface area (Å²) in [7, 11) is 0. The van der Waals surface area contributed by atoms with Crippen LogP contribution in [0.4, 0.5) is 0 Å². The molecule has 0 aliphatic rings. The van der Waals surface area contributed by atoms with Crippen molar-refractivity contribution in [3.05, 3.63) is 71.8 Å². The van der Waals surface area contributed by atoms with Crippen molar-refractivity contribution in [1.82, 2.24) is 0 Å². The van der Waals surface area contributed by atoms with Crippen LogP contribution in [-0.4, -0.2) is 95.8 Å². The second-order valence-electron chi connectivity index (χ2n) is 11.5. The van der Waals surface area contributed by atoms with Crippen LogP contribution in [0, 0.1) is 0 Å². The van der Waals surface area contributed by atoms with Gasteiger partial charge in [0.2, 0.25) is 0 Å². The quantitative estimate of drug-likeness (QED) is 0.0658. The third-order valence-corrected chi connectivity index (χ3v) is 7.19. The minimum atomic E-state index is -1.04. The molecule has 12 nitrogen and oxygen atoms in total. The van der Waals surface area contributed by atoms with Crippen LogP contribution in [0.1, 0.15) is 69.9 Å². The number of hydrogen-bond donors (Lipinski definition) is 4. The molecule has 2 aromatic carbocycles. The van der Waals surface area contributed by atoms with E-state index >= 15 is 0 Å². The van der Waals surface area contributed by atoms with E-state index in [2.05, 4.69) is 0 Å². The number of rotatable bonds is 26. The largest absolute Gasteiger partial charge is 0.466 e. The highest BCUT2D eigenvalue weighted by Crippen LogP contribution is 2.18. The number of esters is 2. The Bertz CT molecular complexity index is 1000. The summed E-state index contributed by atoms with van der Waals surface area (Å²) in [5.74, 6) is -0.843. The van der Waals surface area contributed by atoms with E-state index in [1.165, 1.54) is 13.8 Å². The Hall–Kier alpha value is -2.94. The van der Waals surface area contributed by atoms with Crippen LogP contribution in [0.3, 0.4) is 0 Å². The Kier molecular flexibility index (Phi) is 20.8. The van der Waals surface area contributed by atoms with Gasteiger partial charge in [-0.3, -0.25) is 9.59 Å². The van der Waals surface area contributed by atoms with Crippen molar-refractivity contribution in [3.8, 4) is 0 Å². The van der Waals surface area contributed by atoms with Crippen molar-refractivity contribution < 1.29 is 58.4 Å². The first-order valence-electron chi connectivity index (χ1n) is 16.1. The molecule has 0 saturated carbocycles. The molecule has 0 aliphatic heterocycles. The number of benzene rings is 2. The van der Waals surface area contributed by atoms with Gasteiger partial charge in [-0.25, -0.2) is 0 Å².